The van der Waals surface area contributed by atoms with E-state index in [1.165, 1.54) is 6.07 Å². The van der Waals surface area contributed by atoms with E-state index in [9.17, 15) is 15.2 Å². The number of nitrogens with zero attached hydrogens (tertiary/aromatic N) is 4. The number of aliphatic hydroxyl groups excluding tert-OH is 1. The summed E-state index contributed by atoms with van der Waals surface area (Å²) in [6.07, 6.45) is 0. The standard InChI is InChI=1S/C12H14N4O3/c1-3-15-11(7-17)13-14-12(15)9-5-4-6-10(8(9)2)16(18)19/h4-6,17H,3,7H2,1-2H3. The third-order valence-corrected chi connectivity index (χ3v) is 3.03. The fraction of sp³-hybridized carbons (Fsp3) is 0.333. The van der Waals surface area contributed by atoms with Crippen molar-refractivity contribution in [2.75, 3.05) is 0 Å². The van der Waals surface area contributed by atoms with E-state index in [4.69, 9.17) is 0 Å². The lowest BCUT2D eigenvalue weighted by molar-refractivity contribution is -0.385. The molecule has 0 radical (unpaired) electrons. The van der Waals surface area contributed by atoms with Gasteiger partial charge in [0.15, 0.2) is 11.6 Å². The van der Waals surface area contributed by atoms with Gasteiger partial charge in [0.1, 0.15) is 6.61 Å². The van der Waals surface area contributed by atoms with Gasteiger partial charge in [-0.15, -0.1) is 10.2 Å². The van der Waals surface area contributed by atoms with E-state index in [-0.39, 0.29) is 12.3 Å². The van der Waals surface area contributed by atoms with E-state index in [0.717, 1.165) is 0 Å². The zero-order valence-corrected chi connectivity index (χ0v) is 10.7. The molecule has 0 aliphatic carbocycles. The maximum absolute atomic E-state index is 10.9. The van der Waals surface area contributed by atoms with Crippen molar-refractivity contribution < 1.29 is 10.0 Å². The number of nitro groups is 1. The summed E-state index contributed by atoms with van der Waals surface area (Å²) >= 11 is 0. The summed E-state index contributed by atoms with van der Waals surface area (Å²) in [4.78, 5) is 10.5. The van der Waals surface area contributed by atoms with Crippen LogP contribution >= 0.6 is 0 Å². The smallest absolute Gasteiger partial charge is 0.273 e. The number of nitro benzene ring substituents is 1. The van der Waals surface area contributed by atoms with Crippen molar-refractivity contribution in [2.24, 2.45) is 0 Å². The summed E-state index contributed by atoms with van der Waals surface area (Å²) in [7, 11) is 0. The summed E-state index contributed by atoms with van der Waals surface area (Å²) < 4.78 is 1.74. The van der Waals surface area contributed by atoms with Gasteiger partial charge in [-0.2, -0.15) is 0 Å². The number of aromatic nitrogens is 3. The highest BCUT2D eigenvalue weighted by molar-refractivity contribution is 5.66. The zero-order chi connectivity index (χ0) is 14.0. The third kappa shape index (κ3) is 2.19. The first-order valence-electron chi connectivity index (χ1n) is 5.87. The summed E-state index contributed by atoms with van der Waals surface area (Å²) in [5.41, 5.74) is 1.25. The number of hydrogen-bond acceptors (Lipinski definition) is 5. The molecule has 19 heavy (non-hydrogen) atoms. The normalized spacial score (nSPS) is 10.7. The molecule has 7 heteroatoms. The van der Waals surface area contributed by atoms with Gasteiger partial charge in [-0.1, -0.05) is 12.1 Å². The molecule has 1 heterocycles. The van der Waals surface area contributed by atoms with Crippen LogP contribution in [0.5, 0.6) is 0 Å². The summed E-state index contributed by atoms with van der Waals surface area (Å²) in [5, 5.41) is 28.0. The van der Waals surface area contributed by atoms with Crippen LogP contribution in [0.25, 0.3) is 11.4 Å². The van der Waals surface area contributed by atoms with Crippen LogP contribution in [0.2, 0.25) is 0 Å². The average molecular weight is 262 g/mol. The van der Waals surface area contributed by atoms with Crippen LogP contribution < -0.4 is 0 Å². The summed E-state index contributed by atoms with van der Waals surface area (Å²) in [6, 6.07) is 4.84. The number of hydrogen-bond donors (Lipinski definition) is 1. The Morgan fingerprint density at radius 1 is 1.42 bits per heavy atom. The van der Waals surface area contributed by atoms with Gasteiger partial charge in [0, 0.05) is 23.7 Å². The summed E-state index contributed by atoms with van der Waals surface area (Å²) in [5.74, 6) is 0.983. The van der Waals surface area contributed by atoms with Crippen molar-refractivity contribution in [3.8, 4) is 11.4 Å². The molecule has 0 aliphatic rings. The van der Waals surface area contributed by atoms with Crippen LogP contribution in [0.15, 0.2) is 18.2 Å². The largest absolute Gasteiger partial charge is 0.388 e. The zero-order valence-electron chi connectivity index (χ0n) is 10.7. The maximum Gasteiger partial charge on any atom is 0.273 e. The van der Waals surface area contributed by atoms with Crippen LogP contribution in [0.4, 0.5) is 5.69 Å². The van der Waals surface area contributed by atoms with Gasteiger partial charge in [-0.3, -0.25) is 10.1 Å². The van der Waals surface area contributed by atoms with Gasteiger partial charge in [0.25, 0.3) is 5.69 Å². The van der Waals surface area contributed by atoms with Gasteiger partial charge < -0.3 is 9.67 Å². The van der Waals surface area contributed by atoms with Gasteiger partial charge >= 0.3 is 0 Å². The molecular weight excluding hydrogens is 248 g/mol. The number of aliphatic hydroxyl groups is 1. The number of rotatable bonds is 4. The minimum absolute atomic E-state index is 0.0497. The maximum atomic E-state index is 10.9. The van der Waals surface area contributed by atoms with Gasteiger partial charge in [-0.05, 0) is 13.8 Å². The van der Waals surface area contributed by atoms with E-state index >= 15 is 0 Å². The molecule has 0 fully saturated rings. The Kier molecular flexibility index (Phi) is 3.57. The molecule has 0 spiro atoms. The van der Waals surface area contributed by atoms with Crippen LogP contribution in [-0.2, 0) is 13.2 Å². The first-order valence-corrected chi connectivity index (χ1v) is 5.87. The van der Waals surface area contributed by atoms with E-state index in [1.807, 2.05) is 6.92 Å². The van der Waals surface area contributed by atoms with Crippen molar-refractivity contribution in [1.29, 1.82) is 0 Å². The van der Waals surface area contributed by atoms with Crippen LogP contribution in [0, 0.1) is 17.0 Å². The lowest BCUT2D eigenvalue weighted by atomic mass is 10.1. The van der Waals surface area contributed by atoms with Crippen LogP contribution in [-0.4, -0.2) is 24.8 Å². The lowest BCUT2D eigenvalue weighted by Crippen LogP contribution is -2.04. The second-order valence-electron chi connectivity index (χ2n) is 4.05. The fourth-order valence-electron chi connectivity index (χ4n) is 2.05. The lowest BCUT2D eigenvalue weighted by Gasteiger charge is -2.08. The molecule has 0 unspecified atom stereocenters. The van der Waals surface area contributed by atoms with E-state index < -0.39 is 4.92 Å². The second kappa shape index (κ2) is 5.15. The van der Waals surface area contributed by atoms with Crippen molar-refractivity contribution in [1.82, 2.24) is 14.8 Å². The predicted octanol–water partition coefficient (Wildman–Crippen LogP) is 1.67. The molecule has 7 nitrogen and oxygen atoms in total. The SMILES string of the molecule is CCn1c(CO)nnc1-c1cccc([N+](=O)[O-])c1C. The van der Waals surface area contributed by atoms with E-state index in [0.29, 0.717) is 29.3 Å². The molecule has 0 aliphatic heterocycles. The minimum atomic E-state index is -0.418. The van der Waals surface area contributed by atoms with Crippen molar-refractivity contribution in [3.63, 3.8) is 0 Å². The highest BCUT2D eigenvalue weighted by atomic mass is 16.6. The first-order chi connectivity index (χ1) is 9.10. The highest BCUT2D eigenvalue weighted by Crippen LogP contribution is 2.29. The third-order valence-electron chi connectivity index (χ3n) is 3.03. The molecule has 0 saturated carbocycles. The van der Waals surface area contributed by atoms with E-state index in [1.54, 1.807) is 23.6 Å². The Bertz CT molecular complexity index is 621. The molecule has 100 valence electrons. The van der Waals surface area contributed by atoms with Crippen LogP contribution in [0.1, 0.15) is 18.3 Å². The Balaban J connectivity index is 2.62. The van der Waals surface area contributed by atoms with Crippen LogP contribution in [0.3, 0.4) is 0 Å². The average Bonchev–Trinajstić information content (AvgIpc) is 2.81. The predicted molar refractivity (Wildman–Crippen MR) is 68.4 cm³/mol. The Hall–Kier alpha value is -2.28. The highest BCUT2D eigenvalue weighted by Gasteiger charge is 2.19. The van der Waals surface area contributed by atoms with Crippen molar-refractivity contribution in [3.05, 3.63) is 39.7 Å². The Labute approximate surface area is 109 Å². The van der Waals surface area contributed by atoms with E-state index in [2.05, 4.69) is 10.2 Å². The monoisotopic (exact) mass is 262 g/mol. The van der Waals surface area contributed by atoms with Gasteiger partial charge in [0.2, 0.25) is 0 Å². The summed E-state index contributed by atoms with van der Waals surface area (Å²) in [6.45, 7) is 3.95. The van der Waals surface area contributed by atoms with Crippen molar-refractivity contribution in [2.45, 2.75) is 27.0 Å². The minimum Gasteiger partial charge on any atom is -0.388 e. The Morgan fingerprint density at radius 2 is 2.16 bits per heavy atom. The number of benzene rings is 1. The molecule has 0 saturated heterocycles. The fourth-order valence-corrected chi connectivity index (χ4v) is 2.05. The molecule has 2 aromatic rings. The molecule has 0 amide bonds. The molecule has 1 N–H and O–H groups in total. The molecule has 2 rings (SSSR count). The first kappa shape index (κ1) is 13.2. The molecule has 0 atom stereocenters. The second-order valence-corrected chi connectivity index (χ2v) is 4.05. The van der Waals surface area contributed by atoms with Gasteiger partial charge in [0.05, 0.1) is 4.92 Å². The molecular formula is C12H14N4O3. The molecule has 1 aromatic carbocycles. The molecule has 1 aromatic heterocycles. The van der Waals surface area contributed by atoms with Gasteiger partial charge in [-0.25, -0.2) is 0 Å². The quantitative estimate of drug-likeness (QED) is 0.668. The topological polar surface area (TPSA) is 94.1 Å². The Morgan fingerprint density at radius 3 is 2.74 bits per heavy atom. The van der Waals surface area contributed by atoms with Crippen molar-refractivity contribution >= 4 is 5.69 Å². The molecule has 0 bridgehead atoms.